The van der Waals surface area contributed by atoms with E-state index in [0.29, 0.717) is 23.1 Å². The Labute approximate surface area is 241 Å². The number of thiocarbonyl (C=S) groups is 1. The summed E-state index contributed by atoms with van der Waals surface area (Å²) in [5, 5.41) is 7.11. The normalized spacial score (nSPS) is 16.6. The SMILES string of the molecule is COc1ccccc1NC(=O)CCN1C(=S)N[C@H](c2ccccn2)[C@@H]1c1cc(C)n(-c2cccc(C)c2C)c1C. The van der Waals surface area contributed by atoms with E-state index in [1.54, 1.807) is 13.3 Å². The minimum Gasteiger partial charge on any atom is -0.495 e. The van der Waals surface area contributed by atoms with Crippen LogP contribution in [-0.4, -0.2) is 39.1 Å². The van der Waals surface area contributed by atoms with E-state index < -0.39 is 0 Å². The molecule has 0 aliphatic carbocycles. The third-order valence-corrected chi connectivity index (χ3v) is 8.12. The maximum atomic E-state index is 13.0. The Morgan fingerprint density at radius 1 is 1.05 bits per heavy atom. The topological polar surface area (TPSA) is 71.4 Å². The lowest BCUT2D eigenvalue weighted by Crippen LogP contribution is -2.33. The van der Waals surface area contributed by atoms with Crippen LogP contribution in [-0.2, 0) is 4.79 Å². The number of aromatic nitrogens is 2. The number of methoxy groups -OCH3 is 1. The van der Waals surface area contributed by atoms with Crippen molar-refractivity contribution in [1.82, 2.24) is 19.8 Å². The van der Waals surface area contributed by atoms with Crippen LogP contribution in [0.3, 0.4) is 0 Å². The van der Waals surface area contributed by atoms with Crippen LogP contribution in [0.25, 0.3) is 5.69 Å². The third kappa shape index (κ3) is 5.19. The van der Waals surface area contributed by atoms with E-state index >= 15 is 0 Å². The van der Waals surface area contributed by atoms with E-state index in [9.17, 15) is 4.79 Å². The lowest BCUT2D eigenvalue weighted by atomic mass is 9.96. The molecule has 2 aromatic carbocycles. The van der Waals surface area contributed by atoms with Gasteiger partial charge in [-0.3, -0.25) is 9.78 Å². The number of amides is 1. The molecule has 2 aromatic heterocycles. The summed E-state index contributed by atoms with van der Waals surface area (Å²) >= 11 is 5.86. The highest BCUT2D eigenvalue weighted by atomic mass is 32.1. The number of anilines is 1. The fourth-order valence-electron chi connectivity index (χ4n) is 5.60. The Bertz CT molecular complexity index is 1550. The highest BCUT2D eigenvalue weighted by Crippen LogP contribution is 2.41. The molecule has 0 saturated carbocycles. The maximum absolute atomic E-state index is 13.0. The second-order valence-electron chi connectivity index (χ2n) is 10.2. The molecule has 1 aliphatic rings. The molecular formula is C32H35N5O2S. The summed E-state index contributed by atoms with van der Waals surface area (Å²) in [5.41, 5.74) is 8.69. The second-order valence-corrected chi connectivity index (χ2v) is 10.6. The van der Waals surface area contributed by atoms with Crippen LogP contribution in [0.15, 0.2) is 72.9 Å². The van der Waals surface area contributed by atoms with Crippen LogP contribution in [0.5, 0.6) is 5.75 Å². The summed E-state index contributed by atoms with van der Waals surface area (Å²) in [5.74, 6) is 0.523. The fraction of sp³-hybridized carbons (Fsp3) is 0.281. The van der Waals surface area contributed by atoms with Crippen LogP contribution in [0.4, 0.5) is 5.69 Å². The molecule has 40 heavy (non-hydrogen) atoms. The minimum absolute atomic E-state index is 0.104. The number of pyridine rings is 1. The molecule has 1 aliphatic heterocycles. The molecular weight excluding hydrogens is 518 g/mol. The summed E-state index contributed by atoms with van der Waals surface area (Å²) < 4.78 is 7.71. The van der Waals surface area contributed by atoms with Gasteiger partial charge in [-0.15, -0.1) is 0 Å². The number of hydrogen-bond acceptors (Lipinski definition) is 4. The molecule has 0 bridgehead atoms. The van der Waals surface area contributed by atoms with Gasteiger partial charge in [-0.05, 0) is 93.0 Å². The van der Waals surface area contributed by atoms with Crippen LogP contribution >= 0.6 is 12.2 Å². The number of hydrogen-bond donors (Lipinski definition) is 2. The molecule has 0 radical (unpaired) electrons. The molecule has 1 saturated heterocycles. The van der Waals surface area contributed by atoms with Gasteiger partial charge in [0.15, 0.2) is 5.11 Å². The molecule has 206 valence electrons. The molecule has 2 atom stereocenters. The Morgan fingerprint density at radius 3 is 2.58 bits per heavy atom. The van der Waals surface area contributed by atoms with Crippen molar-refractivity contribution in [2.45, 2.75) is 46.2 Å². The van der Waals surface area contributed by atoms with Gasteiger partial charge in [0.05, 0.1) is 30.6 Å². The first-order chi connectivity index (χ1) is 19.3. The zero-order valence-corrected chi connectivity index (χ0v) is 24.4. The van der Waals surface area contributed by atoms with Gasteiger partial charge in [-0.1, -0.05) is 30.3 Å². The number of ether oxygens (including phenoxy) is 1. The first kappa shape index (κ1) is 27.4. The van der Waals surface area contributed by atoms with Crippen molar-refractivity contribution in [3.63, 3.8) is 0 Å². The molecule has 3 heterocycles. The Morgan fingerprint density at radius 2 is 1.82 bits per heavy atom. The molecule has 4 aromatic rings. The van der Waals surface area contributed by atoms with Crippen molar-refractivity contribution in [3.8, 4) is 11.4 Å². The van der Waals surface area contributed by atoms with Gasteiger partial charge in [0.1, 0.15) is 5.75 Å². The Kier molecular flexibility index (Phi) is 7.89. The first-order valence-electron chi connectivity index (χ1n) is 13.5. The predicted molar refractivity (Wildman–Crippen MR) is 163 cm³/mol. The predicted octanol–water partition coefficient (Wildman–Crippen LogP) is 6.12. The van der Waals surface area contributed by atoms with Crippen molar-refractivity contribution in [1.29, 1.82) is 0 Å². The number of carbonyl (C=O) groups excluding carboxylic acids is 1. The number of benzene rings is 2. The Hall–Kier alpha value is -4.17. The van der Waals surface area contributed by atoms with Gasteiger partial charge in [0.2, 0.25) is 5.91 Å². The highest BCUT2D eigenvalue weighted by molar-refractivity contribution is 7.80. The number of nitrogens with one attached hydrogen (secondary N) is 2. The molecule has 5 rings (SSSR count). The quantitative estimate of drug-likeness (QED) is 0.256. The highest BCUT2D eigenvalue weighted by Gasteiger charge is 2.41. The van der Waals surface area contributed by atoms with Gasteiger partial charge in [-0.25, -0.2) is 0 Å². The van der Waals surface area contributed by atoms with E-state index in [4.69, 9.17) is 17.0 Å². The van der Waals surface area contributed by atoms with Crippen LogP contribution < -0.4 is 15.4 Å². The van der Waals surface area contributed by atoms with E-state index in [0.717, 1.165) is 22.6 Å². The molecule has 1 fully saturated rings. The van der Waals surface area contributed by atoms with E-state index in [-0.39, 0.29) is 24.4 Å². The van der Waals surface area contributed by atoms with Crippen LogP contribution in [0.2, 0.25) is 0 Å². The minimum atomic E-state index is -0.154. The zero-order valence-electron chi connectivity index (χ0n) is 23.6. The smallest absolute Gasteiger partial charge is 0.226 e. The lowest BCUT2D eigenvalue weighted by Gasteiger charge is -2.28. The molecule has 1 amide bonds. The summed E-state index contributed by atoms with van der Waals surface area (Å²) in [7, 11) is 1.59. The van der Waals surface area contributed by atoms with E-state index in [1.165, 1.54) is 16.8 Å². The van der Waals surface area contributed by atoms with Crippen molar-refractivity contribution in [3.05, 3.63) is 107 Å². The number of carbonyl (C=O) groups is 1. The number of aryl methyl sites for hydroxylation is 2. The average Bonchev–Trinajstić information content (AvgIpc) is 3.44. The molecule has 2 N–H and O–H groups in total. The van der Waals surface area contributed by atoms with Gasteiger partial charge < -0.3 is 24.8 Å². The Balaban J connectivity index is 1.49. The largest absolute Gasteiger partial charge is 0.495 e. The van der Waals surface area contributed by atoms with Crippen molar-refractivity contribution in [2.24, 2.45) is 0 Å². The van der Waals surface area contributed by atoms with Gasteiger partial charge in [0.25, 0.3) is 0 Å². The van der Waals surface area contributed by atoms with Crippen molar-refractivity contribution < 1.29 is 9.53 Å². The van der Waals surface area contributed by atoms with Crippen LogP contribution in [0, 0.1) is 27.7 Å². The second kappa shape index (κ2) is 11.5. The summed E-state index contributed by atoms with van der Waals surface area (Å²) in [4.78, 5) is 19.8. The van der Waals surface area contributed by atoms with Crippen molar-refractivity contribution in [2.75, 3.05) is 19.0 Å². The average molecular weight is 554 g/mol. The molecule has 0 spiro atoms. The molecule has 0 unspecified atom stereocenters. The van der Waals surface area contributed by atoms with E-state index in [2.05, 4.69) is 77.0 Å². The molecule has 7 nitrogen and oxygen atoms in total. The third-order valence-electron chi connectivity index (χ3n) is 7.76. The zero-order chi connectivity index (χ0) is 28.4. The van der Waals surface area contributed by atoms with Gasteiger partial charge >= 0.3 is 0 Å². The van der Waals surface area contributed by atoms with Crippen LogP contribution in [0.1, 0.15) is 52.3 Å². The van der Waals surface area contributed by atoms with Gasteiger partial charge in [-0.2, -0.15) is 0 Å². The van der Waals surface area contributed by atoms with Crippen molar-refractivity contribution >= 4 is 28.9 Å². The monoisotopic (exact) mass is 553 g/mol. The number of nitrogens with zero attached hydrogens (tertiary/aromatic N) is 3. The maximum Gasteiger partial charge on any atom is 0.226 e. The summed E-state index contributed by atoms with van der Waals surface area (Å²) in [6.07, 6.45) is 2.07. The van der Waals surface area contributed by atoms with Gasteiger partial charge in [0, 0.05) is 36.2 Å². The number of rotatable bonds is 8. The molecule has 8 heteroatoms. The standard InChI is InChI=1S/C32H35N5O2S/c1-20-11-10-14-27(22(20)3)37-21(2)19-24(23(37)4)31-30(26-13-8-9-17-33-26)35-32(40)36(31)18-16-29(38)34-25-12-6-7-15-28(25)39-5/h6-15,17,19,30-31H,16,18H2,1-5H3,(H,34,38)(H,35,40)/t30-,31+/m1/s1. The lowest BCUT2D eigenvalue weighted by molar-refractivity contribution is -0.116. The first-order valence-corrected chi connectivity index (χ1v) is 13.9. The fourth-order valence-corrected chi connectivity index (χ4v) is 5.93. The van der Waals surface area contributed by atoms with E-state index in [1.807, 2.05) is 42.5 Å². The number of para-hydroxylation sites is 2. The summed E-state index contributed by atoms with van der Waals surface area (Å²) in [6, 6.07) is 21.7. The summed E-state index contributed by atoms with van der Waals surface area (Å²) in [6.45, 7) is 9.06.